The second-order valence-corrected chi connectivity index (χ2v) is 6.24. The number of ether oxygens (including phenoxy) is 1. The molecule has 0 fully saturated rings. The molecule has 2 aromatic rings. The largest absolute Gasteiger partial charge is 0.530 e. The highest BCUT2D eigenvalue weighted by Crippen LogP contribution is 2.32. The number of terminal acetylenes is 1. The molecule has 2 aromatic carbocycles. The Hall–Kier alpha value is -2.98. The van der Waals surface area contributed by atoms with Gasteiger partial charge >= 0.3 is 0 Å². The van der Waals surface area contributed by atoms with Gasteiger partial charge in [0.25, 0.3) is 0 Å². The van der Waals surface area contributed by atoms with Crippen LogP contribution in [0.15, 0.2) is 58.3 Å². The zero-order valence-corrected chi connectivity index (χ0v) is 12.7. The Balaban J connectivity index is 2.56. The Morgan fingerprint density at radius 1 is 1.13 bits per heavy atom. The van der Waals surface area contributed by atoms with Crippen LogP contribution < -0.4 is 15.2 Å². The van der Waals surface area contributed by atoms with E-state index in [4.69, 9.17) is 11.2 Å². The molecule has 0 saturated carbocycles. The van der Waals surface area contributed by atoms with Crippen LogP contribution in [0.25, 0.3) is 0 Å². The number of benzene rings is 2. The van der Waals surface area contributed by atoms with Crippen LogP contribution in [0, 0.1) is 12.3 Å². The minimum absolute atomic E-state index is 0.0914. The molecule has 118 valence electrons. The number of carboxylic acid groups (broad SMARTS) is 1. The van der Waals surface area contributed by atoms with Crippen molar-refractivity contribution < 1.29 is 23.1 Å². The molecule has 0 atom stereocenters. The Morgan fingerprint density at radius 3 is 2.39 bits per heavy atom. The van der Waals surface area contributed by atoms with Gasteiger partial charge in [0.05, 0.1) is 10.6 Å². The summed E-state index contributed by atoms with van der Waals surface area (Å²) >= 11 is 0. The molecule has 0 radical (unpaired) electrons. The van der Waals surface area contributed by atoms with Crippen LogP contribution in [0.5, 0.6) is 5.75 Å². The van der Waals surface area contributed by atoms with Gasteiger partial charge in [0.15, 0.2) is 0 Å². The third-order valence-corrected chi connectivity index (χ3v) is 4.71. The number of carbonyl (C=O) groups excluding carboxylic acids is 1. The summed E-state index contributed by atoms with van der Waals surface area (Å²) in [5, 5.41) is 12.7. The van der Waals surface area contributed by atoms with E-state index < -0.39 is 15.9 Å². The van der Waals surface area contributed by atoms with Crippen LogP contribution in [0.2, 0.25) is 0 Å². The van der Waals surface area contributed by atoms with E-state index in [2.05, 4.69) is 5.92 Å². The number of rotatable bonds is 5. The Labute approximate surface area is 133 Å². The Morgan fingerprint density at radius 2 is 1.74 bits per heavy atom. The molecule has 1 amide bonds. The molecule has 0 saturated heterocycles. The first-order valence-electron chi connectivity index (χ1n) is 6.44. The number of hydrogen-bond donors (Lipinski definition) is 1. The summed E-state index contributed by atoms with van der Waals surface area (Å²) < 4.78 is 30.9. The van der Waals surface area contributed by atoms with Gasteiger partial charge in [-0.25, -0.2) is 8.42 Å². The van der Waals surface area contributed by atoms with Crippen molar-refractivity contribution >= 4 is 21.6 Å². The number of amides is 1. The SMILES string of the molecule is C#CCOc1ccccc1S(=O)(=O)c1ccccc1NC(=O)[O-]. The molecule has 0 aliphatic carbocycles. The van der Waals surface area contributed by atoms with Crippen molar-refractivity contribution in [1.82, 2.24) is 0 Å². The molecule has 2 rings (SSSR count). The lowest BCUT2D eigenvalue weighted by molar-refractivity contribution is -0.242. The van der Waals surface area contributed by atoms with Crippen molar-refractivity contribution in [2.24, 2.45) is 0 Å². The lowest BCUT2D eigenvalue weighted by Gasteiger charge is -2.14. The molecule has 0 spiro atoms. The van der Waals surface area contributed by atoms with Crippen LogP contribution in [0.3, 0.4) is 0 Å². The average molecular weight is 330 g/mol. The van der Waals surface area contributed by atoms with E-state index in [9.17, 15) is 18.3 Å². The van der Waals surface area contributed by atoms with Gasteiger partial charge in [-0.15, -0.1) is 6.42 Å². The van der Waals surface area contributed by atoms with Gasteiger partial charge in [0.2, 0.25) is 9.84 Å². The lowest BCUT2D eigenvalue weighted by Crippen LogP contribution is -2.29. The molecule has 0 aliphatic rings. The number of anilines is 1. The van der Waals surface area contributed by atoms with E-state index >= 15 is 0 Å². The van der Waals surface area contributed by atoms with Crippen LogP contribution >= 0.6 is 0 Å². The maximum atomic E-state index is 12.8. The third-order valence-electron chi connectivity index (χ3n) is 2.86. The molecular formula is C16H12NO5S-. The number of sulfone groups is 1. The maximum absolute atomic E-state index is 12.8. The fourth-order valence-corrected chi connectivity index (χ4v) is 3.50. The summed E-state index contributed by atoms with van der Waals surface area (Å²) in [6.45, 7) is -0.0918. The van der Waals surface area contributed by atoms with Gasteiger partial charge in [-0.05, 0) is 24.3 Å². The van der Waals surface area contributed by atoms with Gasteiger partial charge in [-0.3, -0.25) is 0 Å². The lowest BCUT2D eigenvalue weighted by atomic mass is 10.3. The highest BCUT2D eigenvalue weighted by atomic mass is 32.2. The van der Waals surface area contributed by atoms with Crippen molar-refractivity contribution in [3.8, 4) is 18.1 Å². The number of carbonyl (C=O) groups is 1. The summed E-state index contributed by atoms with van der Waals surface area (Å²) in [6.07, 6.45) is 3.51. The van der Waals surface area contributed by atoms with E-state index in [1.54, 1.807) is 6.07 Å². The summed E-state index contributed by atoms with van der Waals surface area (Å²) in [5.41, 5.74) is -0.0979. The zero-order chi connectivity index (χ0) is 16.9. The van der Waals surface area contributed by atoms with E-state index in [0.717, 1.165) is 0 Å². The molecule has 0 unspecified atom stereocenters. The normalized spacial score (nSPS) is 10.6. The summed E-state index contributed by atoms with van der Waals surface area (Å²) in [4.78, 5) is 10.4. The minimum atomic E-state index is -4.02. The first kappa shape index (κ1) is 16.4. The second kappa shape index (κ2) is 6.85. The van der Waals surface area contributed by atoms with Crippen molar-refractivity contribution in [2.45, 2.75) is 9.79 Å². The molecule has 1 N–H and O–H groups in total. The van der Waals surface area contributed by atoms with Gasteiger partial charge in [0, 0.05) is 0 Å². The van der Waals surface area contributed by atoms with Crippen molar-refractivity contribution in [1.29, 1.82) is 0 Å². The van der Waals surface area contributed by atoms with Crippen LogP contribution in [-0.4, -0.2) is 21.1 Å². The quantitative estimate of drug-likeness (QED) is 0.833. The molecule has 0 aromatic heterocycles. The Bertz CT molecular complexity index is 868. The molecule has 23 heavy (non-hydrogen) atoms. The highest BCUT2D eigenvalue weighted by molar-refractivity contribution is 7.91. The van der Waals surface area contributed by atoms with Crippen LogP contribution in [-0.2, 0) is 9.84 Å². The standard InChI is InChI=1S/C16H13NO5S/c1-2-11-22-13-8-4-6-10-15(13)23(20,21)14-9-5-3-7-12(14)17-16(18)19/h1,3-10,17H,11H2,(H,18,19)/p-1. The summed E-state index contributed by atoms with van der Waals surface area (Å²) in [6, 6.07) is 11.6. The first-order chi connectivity index (χ1) is 11.0. The van der Waals surface area contributed by atoms with Crippen LogP contribution in [0.4, 0.5) is 10.5 Å². The van der Waals surface area contributed by atoms with E-state index in [0.29, 0.717) is 0 Å². The predicted octanol–water partition coefficient (Wildman–Crippen LogP) is 1.29. The number of nitrogens with one attached hydrogen (secondary N) is 1. The van der Waals surface area contributed by atoms with Gasteiger partial charge in [0.1, 0.15) is 23.3 Å². The van der Waals surface area contributed by atoms with Gasteiger partial charge in [-0.1, -0.05) is 30.2 Å². The van der Waals surface area contributed by atoms with Gasteiger partial charge in [-0.2, -0.15) is 0 Å². The highest BCUT2D eigenvalue weighted by Gasteiger charge is 2.24. The summed E-state index contributed by atoms with van der Waals surface area (Å²) in [7, 11) is -4.02. The monoisotopic (exact) mass is 330 g/mol. The topological polar surface area (TPSA) is 95.5 Å². The predicted molar refractivity (Wildman–Crippen MR) is 81.7 cm³/mol. The maximum Gasteiger partial charge on any atom is 0.212 e. The molecule has 7 heteroatoms. The Kier molecular flexibility index (Phi) is 4.88. The molecular weight excluding hydrogens is 318 g/mol. The van der Waals surface area contributed by atoms with Crippen molar-refractivity contribution in [2.75, 3.05) is 11.9 Å². The number of para-hydroxylation sites is 2. The zero-order valence-electron chi connectivity index (χ0n) is 11.9. The fourth-order valence-electron chi connectivity index (χ4n) is 1.94. The molecule has 0 aliphatic heterocycles. The first-order valence-corrected chi connectivity index (χ1v) is 7.92. The molecule has 6 nitrogen and oxygen atoms in total. The van der Waals surface area contributed by atoms with E-state index in [1.807, 2.05) is 5.32 Å². The van der Waals surface area contributed by atoms with E-state index in [1.165, 1.54) is 42.5 Å². The molecule has 0 heterocycles. The average Bonchev–Trinajstić information content (AvgIpc) is 2.53. The smallest absolute Gasteiger partial charge is 0.212 e. The van der Waals surface area contributed by atoms with Crippen molar-refractivity contribution in [3.05, 3.63) is 48.5 Å². The van der Waals surface area contributed by atoms with Crippen molar-refractivity contribution in [3.63, 3.8) is 0 Å². The third kappa shape index (κ3) is 3.62. The van der Waals surface area contributed by atoms with Crippen LogP contribution in [0.1, 0.15) is 0 Å². The van der Waals surface area contributed by atoms with Gasteiger partial charge < -0.3 is 20.0 Å². The fraction of sp³-hybridized carbons (Fsp3) is 0.0625. The number of hydrogen-bond acceptors (Lipinski definition) is 5. The van der Waals surface area contributed by atoms with E-state index in [-0.39, 0.29) is 27.8 Å². The second-order valence-electron chi connectivity index (χ2n) is 4.35. The minimum Gasteiger partial charge on any atom is -0.530 e. The summed E-state index contributed by atoms with van der Waals surface area (Å²) in [5.74, 6) is 2.35. The molecule has 0 bridgehead atoms.